The lowest BCUT2D eigenvalue weighted by Gasteiger charge is -2.17. The molecular formula is C24H21N3O6S. The Kier molecular flexibility index (Phi) is 6.16. The van der Waals surface area contributed by atoms with Gasteiger partial charge in [-0.25, -0.2) is 8.42 Å². The van der Waals surface area contributed by atoms with Gasteiger partial charge in [0.2, 0.25) is 21.7 Å². The second kappa shape index (κ2) is 9.06. The smallest absolute Gasteiger partial charge is 0.269 e. The molecule has 0 spiro atoms. The molecule has 0 aliphatic carbocycles. The summed E-state index contributed by atoms with van der Waals surface area (Å²) in [5.41, 5.74) is 2.01. The predicted molar refractivity (Wildman–Crippen MR) is 125 cm³/mol. The lowest BCUT2D eigenvalue weighted by atomic mass is 10.1. The van der Waals surface area contributed by atoms with Gasteiger partial charge >= 0.3 is 0 Å². The molecular weight excluding hydrogens is 458 g/mol. The van der Waals surface area contributed by atoms with Crippen LogP contribution >= 0.6 is 0 Å². The van der Waals surface area contributed by atoms with E-state index in [9.17, 15) is 28.1 Å². The molecule has 2 amide bonds. The van der Waals surface area contributed by atoms with Crippen LogP contribution in [0.15, 0.2) is 82.6 Å². The van der Waals surface area contributed by atoms with E-state index in [-0.39, 0.29) is 40.3 Å². The molecule has 3 aromatic rings. The van der Waals surface area contributed by atoms with Gasteiger partial charge in [-0.1, -0.05) is 17.7 Å². The van der Waals surface area contributed by atoms with Crippen molar-refractivity contribution >= 4 is 38.7 Å². The molecule has 0 radical (unpaired) electrons. The van der Waals surface area contributed by atoms with Crippen molar-refractivity contribution in [1.29, 1.82) is 0 Å². The van der Waals surface area contributed by atoms with Gasteiger partial charge < -0.3 is 10.2 Å². The third-order valence-corrected chi connectivity index (χ3v) is 7.42. The van der Waals surface area contributed by atoms with E-state index in [2.05, 4.69) is 5.32 Å². The predicted octanol–water partition coefficient (Wildman–Crippen LogP) is 3.73. The number of aryl methyl sites for hydroxylation is 1. The van der Waals surface area contributed by atoms with Crippen LogP contribution < -0.4 is 10.2 Å². The third-order valence-electron chi connectivity index (χ3n) is 5.63. The SMILES string of the molecule is Cc1ccc(N2CC(C(=O)Nc3ccc(S(=O)(=O)c4ccc([N+](=O)[O-])cc4)cc3)CC2=O)cc1. The van der Waals surface area contributed by atoms with Gasteiger partial charge in [-0.05, 0) is 55.5 Å². The first-order valence-electron chi connectivity index (χ1n) is 10.4. The van der Waals surface area contributed by atoms with Gasteiger partial charge in [0.05, 0.1) is 20.6 Å². The average Bonchev–Trinajstić information content (AvgIpc) is 3.22. The molecule has 1 fully saturated rings. The number of nitro benzene ring substituents is 1. The van der Waals surface area contributed by atoms with E-state index in [1.807, 2.05) is 31.2 Å². The van der Waals surface area contributed by atoms with Crippen LogP contribution in [0, 0.1) is 23.0 Å². The van der Waals surface area contributed by atoms with Gasteiger partial charge in [-0.15, -0.1) is 0 Å². The van der Waals surface area contributed by atoms with E-state index in [1.165, 1.54) is 36.4 Å². The zero-order valence-electron chi connectivity index (χ0n) is 18.2. The molecule has 1 atom stereocenters. The van der Waals surface area contributed by atoms with Crippen molar-refractivity contribution in [2.45, 2.75) is 23.1 Å². The van der Waals surface area contributed by atoms with Crippen LogP contribution in [0.3, 0.4) is 0 Å². The number of amides is 2. The Balaban J connectivity index is 1.43. The monoisotopic (exact) mass is 479 g/mol. The number of rotatable bonds is 6. The first-order valence-corrected chi connectivity index (χ1v) is 11.9. The molecule has 9 nitrogen and oxygen atoms in total. The molecule has 0 aromatic heterocycles. The van der Waals surface area contributed by atoms with E-state index in [0.29, 0.717) is 5.69 Å². The molecule has 10 heteroatoms. The van der Waals surface area contributed by atoms with Crippen molar-refractivity contribution in [3.05, 3.63) is 88.5 Å². The highest BCUT2D eigenvalue weighted by Crippen LogP contribution is 2.27. The summed E-state index contributed by atoms with van der Waals surface area (Å²) >= 11 is 0. The van der Waals surface area contributed by atoms with Gasteiger partial charge in [-0.3, -0.25) is 19.7 Å². The number of benzene rings is 3. The zero-order chi connectivity index (χ0) is 24.5. The fourth-order valence-corrected chi connectivity index (χ4v) is 4.96. The summed E-state index contributed by atoms with van der Waals surface area (Å²) in [6.45, 7) is 2.22. The van der Waals surface area contributed by atoms with Crippen LogP contribution in [-0.4, -0.2) is 31.7 Å². The molecule has 34 heavy (non-hydrogen) atoms. The maximum Gasteiger partial charge on any atom is 0.269 e. The third kappa shape index (κ3) is 4.67. The minimum Gasteiger partial charge on any atom is -0.326 e. The van der Waals surface area contributed by atoms with Gasteiger partial charge in [0.25, 0.3) is 5.69 Å². The van der Waals surface area contributed by atoms with E-state index in [0.717, 1.165) is 23.4 Å². The molecule has 1 N–H and O–H groups in total. The standard InChI is InChI=1S/C24H21N3O6S/c1-16-2-6-19(7-3-16)26-15-17(14-23(26)28)24(29)25-18-4-10-21(11-5-18)34(32,33)22-12-8-20(9-13-22)27(30)31/h2-13,17H,14-15H2,1H3,(H,25,29). The van der Waals surface area contributed by atoms with Crippen molar-refractivity contribution in [1.82, 2.24) is 0 Å². The molecule has 1 aliphatic rings. The lowest BCUT2D eigenvalue weighted by Crippen LogP contribution is -2.28. The highest BCUT2D eigenvalue weighted by Gasteiger charge is 2.35. The molecule has 174 valence electrons. The summed E-state index contributed by atoms with van der Waals surface area (Å²) < 4.78 is 25.6. The largest absolute Gasteiger partial charge is 0.326 e. The van der Waals surface area contributed by atoms with Crippen molar-refractivity contribution < 1.29 is 22.9 Å². The molecule has 0 saturated carbocycles. The first-order chi connectivity index (χ1) is 16.1. The van der Waals surface area contributed by atoms with Crippen LogP contribution in [0.2, 0.25) is 0 Å². The Morgan fingerprint density at radius 1 is 0.971 bits per heavy atom. The second-order valence-electron chi connectivity index (χ2n) is 8.01. The molecule has 3 aromatic carbocycles. The number of nitrogens with zero attached hydrogens (tertiary/aromatic N) is 2. The van der Waals surface area contributed by atoms with Crippen LogP contribution in [0.25, 0.3) is 0 Å². The number of non-ortho nitro benzene ring substituents is 1. The number of carbonyl (C=O) groups excluding carboxylic acids is 2. The minimum absolute atomic E-state index is 0.0130. The summed E-state index contributed by atoms with van der Waals surface area (Å²) in [7, 11) is -3.88. The van der Waals surface area contributed by atoms with Crippen molar-refractivity contribution in [2.75, 3.05) is 16.8 Å². The maximum atomic E-state index is 12.8. The number of anilines is 2. The van der Waals surface area contributed by atoms with Crippen molar-refractivity contribution in [3.8, 4) is 0 Å². The van der Waals surface area contributed by atoms with E-state index >= 15 is 0 Å². The average molecular weight is 480 g/mol. The van der Waals surface area contributed by atoms with Gasteiger partial charge in [-0.2, -0.15) is 0 Å². The number of sulfone groups is 1. The van der Waals surface area contributed by atoms with Crippen LogP contribution in [0.1, 0.15) is 12.0 Å². The number of nitrogens with one attached hydrogen (secondary N) is 1. The number of carbonyl (C=O) groups is 2. The Hall–Kier alpha value is -4.05. The number of hydrogen-bond acceptors (Lipinski definition) is 6. The van der Waals surface area contributed by atoms with Crippen molar-refractivity contribution in [2.24, 2.45) is 5.92 Å². The van der Waals surface area contributed by atoms with E-state index in [4.69, 9.17) is 0 Å². The topological polar surface area (TPSA) is 127 Å². The van der Waals surface area contributed by atoms with Crippen molar-refractivity contribution in [3.63, 3.8) is 0 Å². The lowest BCUT2D eigenvalue weighted by molar-refractivity contribution is -0.384. The van der Waals surface area contributed by atoms with Gasteiger partial charge in [0.15, 0.2) is 0 Å². The Morgan fingerprint density at radius 2 is 1.53 bits per heavy atom. The van der Waals surface area contributed by atoms with Crippen LogP contribution in [0.4, 0.5) is 17.1 Å². The Bertz CT molecular complexity index is 1350. The maximum absolute atomic E-state index is 12.8. The van der Waals surface area contributed by atoms with Crippen LogP contribution in [-0.2, 0) is 19.4 Å². The van der Waals surface area contributed by atoms with E-state index in [1.54, 1.807) is 4.90 Å². The van der Waals surface area contributed by atoms with Crippen LogP contribution in [0.5, 0.6) is 0 Å². The quantitative estimate of drug-likeness (QED) is 0.424. The summed E-state index contributed by atoms with van der Waals surface area (Å²) in [6.07, 6.45) is 0.0896. The summed E-state index contributed by atoms with van der Waals surface area (Å²) in [5, 5.41) is 13.5. The molecule has 1 unspecified atom stereocenters. The summed E-state index contributed by atoms with van der Waals surface area (Å²) in [5.74, 6) is -0.986. The number of nitro groups is 1. The minimum atomic E-state index is -3.88. The number of hydrogen-bond donors (Lipinski definition) is 1. The zero-order valence-corrected chi connectivity index (χ0v) is 19.0. The second-order valence-corrected chi connectivity index (χ2v) is 9.96. The molecule has 0 bridgehead atoms. The highest BCUT2D eigenvalue weighted by atomic mass is 32.2. The molecule has 4 rings (SSSR count). The highest BCUT2D eigenvalue weighted by molar-refractivity contribution is 7.91. The Morgan fingerprint density at radius 3 is 2.09 bits per heavy atom. The Labute approximate surface area is 196 Å². The fourth-order valence-electron chi connectivity index (χ4n) is 3.70. The summed E-state index contributed by atoms with van der Waals surface area (Å²) in [4.78, 5) is 36.8. The van der Waals surface area contributed by atoms with Gasteiger partial charge in [0, 0.05) is 36.5 Å². The first kappa shape index (κ1) is 23.1. The van der Waals surface area contributed by atoms with Gasteiger partial charge in [0.1, 0.15) is 0 Å². The fraction of sp³-hybridized carbons (Fsp3) is 0.167. The molecule has 1 heterocycles. The molecule has 1 aliphatic heterocycles. The normalized spacial score (nSPS) is 15.9. The molecule has 1 saturated heterocycles. The summed E-state index contributed by atoms with van der Waals surface area (Å²) in [6, 6.07) is 17.7. The van der Waals surface area contributed by atoms with E-state index < -0.39 is 20.7 Å².